The van der Waals surface area contributed by atoms with Gasteiger partial charge in [-0.1, -0.05) is 92.6 Å². The maximum Gasteiger partial charge on any atom is 0.252 e. The van der Waals surface area contributed by atoms with Gasteiger partial charge in [0.1, 0.15) is 18.4 Å². The van der Waals surface area contributed by atoms with Gasteiger partial charge in [0.05, 0.1) is 6.04 Å². The van der Waals surface area contributed by atoms with Crippen LogP contribution in [0.4, 0.5) is 0 Å². The van der Waals surface area contributed by atoms with E-state index in [1.54, 1.807) is 6.08 Å². The fraction of sp³-hybridized carbons (Fsp3) is 0.290. The highest BCUT2D eigenvalue weighted by atomic mass is 16.2. The summed E-state index contributed by atoms with van der Waals surface area (Å²) in [7, 11) is 0. The van der Waals surface area contributed by atoms with Gasteiger partial charge in [0.15, 0.2) is 0 Å². The van der Waals surface area contributed by atoms with E-state index in [1.807, 2.05) is 80.6 Å². The molecule has 0 aliphatic heterocycles. The van der Waals surface area contributed by atoms with Crippen molar-refractivity contribution in [1.29, 1.82) is 0 Å². The average Bonchev–Trinajstić information content (AvgIpc) is 2.91. The summed E-state index contributed by atoms with van der Waals surface area (Å²) < 4.78 is 0. The number of nitrogens with one attached hydrogen (secondary N) is 3. The quantitative estimate of drug-likeness (QED) is 0.166. The lowest BCUT2D eigenvalue weighted by atomic mass is 10.0. The molecule has 0 bridgehead atoms. The summed E-state index contributed by atoms with van der Waals surface area (Å²) in [5.74, 6) is 0.733. The molecule has 3 unspecified atom stereocenters. The third-order valence-corrected chi connectivity index (χ3v) is 5.83. The highest BCUT2D eigenvalue weighted by molar-refractivity contribution is 6.00. The largest absolute Gasteiger partial charge is 0.345 e. The van der Waals surface area contributed by atoms with Gasteiger partial charge in [0.25, 0.3) is 5.91 Å². The second-order valence-corrected chi connectivity index (χ2v) is 9.22. The number of carbonyl (C=O) groups is 4. The second-order valence-electron chi connectivity index (χ2n) is 9.22. The van der Waals surface area contributed by atoms with E-state index in [4.69, 9.17) is 6.42 Å². The zero-order valence-electron chi connectivity index (χ0n) is 22.0. The van der Waals surface area contributed by atoms with Crippen LogP contribution in [0.5, 0.6) is 0 Å². The van der Waals surface area contributed by atoms with E-state index in [1.165, 1.54) is 13.0 Å². The van der Waals surface area contributed by atoms with Gasteiger partial charge < -0.3 is 20.7 Å². The van der Waals surface area contributed by atoms with Crippen molar-refractivity contribution in [3.05, 3.63) is 95.6 Å². The Morgan fingerprint density at radius 3 is 2.03 bits per heavy atom. The van der Waals surface area contributed by atoms with Gasteiger partial charge in [-0.2, -0.15) is 0 Å². The highest BCUT2D eigenvalue weighted by Crippen LogP contribution is 2.08. The van der Waals surface area contributed by atoms with Crippen molar-refractivity contribution in [1.82, 2.24) is 16.0 Å². The van der Waals surface area contributed by atoms with Crippen LogP contribution < -0.4 is 16.0 Å². The van der Waals surface area contributed by atoms with E-state index in [0.29, 0.717) is 12.7 Å². The first kappa shape index (κ1) is 29.8. The van der Waals surface area contributed by atoms with Crippen molar-refractivity contribution < 1.29 is 19.2 Å². The Morgan fingerprint density at radius 1 is 0.868 bits per heavy atom. The molecule has 3 atom stereocenters. The molecule has 7 nitrogen and oxygen atoms in total. The molecule has 0 radical (unpaired) electrons. The number of aldehydes is 1. The first-order chi connectivity index (χ1) is 18.2. The zero-order valence-corrected chi connectivity index (χ0v) is 22.0. The Kier molecular flexibility index (Phi) is 12.2. The number of amides is 3. The molecule has 38 heavy (non-hydrogen) atoms. The number of allylic oxidation sites excluding steroid dienone is 2. The maximum atomic E-state index is 13.2. The Hall–Kier alpha value is -4.44. The molecular formula is C31H35N3O4. The fourth-order valence-corrected chi connectivity index (χ4v) is 3.54. The highest BCUT2D eigenvalue weighted by Gasteiger charge is 2.26. The predicted octanol–water partition coefficient (Wildman–Crippen LogP) is 2.92. The summed E-state index contributed by atoms with van der Waals surface area (Å²) in [5, 5.41) is 8.03. The van der Waals surface area contributed by atoms with Crippen LogP contribution in [0, 0.1) is 18.3 Å². The molecule has 0 heterocycles. The molecule has 2 rings (SSSR count). The number of hydrogen-bond acceptors (Lipinski definition) is 4. The standard InChI is InChI=1S/C31H35N3O4/c1-5-13-26(19-12-18-24-14-8-6-9-15-24)30(37)33-27(20-25-16-10-7-11-17-25)31(38)32-23(4)29(36)34-28(21-35)22(2)3/h1,6-17,19,21-23,27-28H,18,20H2,2-4H3,(H,32,38)(H,33,37)(H,34,36). The Balaban J connectivity index is 2.16. The lowest BCUT2D eigenvalue weighted by Crippen LogP contribution is -2.55. The smallest absolute Gasteiger partial charge is 0.252 e. The Bertz CT molecular complexity index is 1180. The van der Waals surface area contributed by atoms with Crippen LogP contribution in [0.1, 0.15) is 31.9 Å². The summed E-state index contributed by atoms with van der Waals surface area (Å²) in [6, 6.07) is 16.4. The third kappa shape index (κ3) is 9.90. The molecule has 3 N–H and O–H groups in total. The van der Waals surface area contributed by atoms with E-state index in [0.717, 1.165) is 11.1 Å². The molecule has 2 aromatic carbocycles. The van der Waals surface area contributed by atoms with Gasteiger partial charge in [0.2, 0.25) is 11.8 Å². The van der Waals surface area contributed by atoms with Crippen LogP contribution in [-0.2, 0) is 32.0 Å². The normalized spacial score (nSPS) is 13.7. The van der Waals surface area contributed by atoms with Crippen molar-refractivity contribution in [2.45, 2.75) is 51.7 Å². The summed E-state index contributed by atoms with van der Waals surface area (Å²) in [4.78, 5) is 50.2. The molecule has 2 aromatic rings. The van der Waals surface area contributed by atoms with Gasteiger partial charge in [-0.3, -0.25) is 14.4 Å². The summed E-state index contributed by atoms with van der Waals surface area (Å²) >= 11 is 0. The average molecular weight is 514 g/mol. The number of carbonyl (C=O) groups excluding carboxylic acids is 4. The van der Waals surface area contributed by atoms with Gasteiger partial charge in [-0.25, -0.2) is 0 Å². The SMILES string of the molecule is C#CC=C(C=CCc1ccccc1)C(=O)NC(Cc1ccccc1)C(=O)NC(C)C(=O)NC(C=O)C(C)C. The van der Waals surface area contributed by atoms with Crippen molar-refractivity contribution in [2.24, 2.45) is 5.92 Å². The van der Waals surface area contributed by atoms with Crippen LogP contribution >= 0.6 is 0 Å². The topological polar surface area (TPSA) is 104 Å². The van der Waals surface area contributed by atoms with Gasteiger partial charge in [-0.05, 0) is 30.4 Å². The van der Waals surface area contributed by atoms with Crippen LogP contribution in [0.25, 0.3) is 0 Å². The minimum atomic E-state index is -0.976. The molecule has 0 aliphatic carbocycles. The van der Waals surface area contributed by atoms with Crippen molar-refractivity contribution in [3.8, 4) is 12.3 Å². The minimum Gasteiger partial charge on any atom is -0.345 e. The van der Waals surface area contributed by atoms with Gasteiger partial charge >= 0.3 is 0 Å². The molecule has 3 amide bonds. The van der Waals surface area contributed by atoms with Crippen LogP contribution in [0.15, 0.2) is 84.5 Å². The minimum absolute atomic E-state index is 0.0965. The molecule has 0 saturated carbocycles. The number of hydrogen-bond donors (Lipinski definition) is 3. The molecule has 198 valence electrons. The van der Waals surface area contributed by atoms with Crippen molar-refractivity contribution >= 4 is 24.0 Å². The molecule has 0 aliphatic rings. The number of benzene rings is 2. The Morgan fingerprint density at radius 2 is 1.47 bits per heavy atom. The lowest BCUT2D eigenvalue weighted by Gasteiger charge is -2.23. The summed E-state index contributed by atoms with van der Waals surface area (Å²) in [6.07, 6.45) is 11.7. The first-order valence-corrected chi connectivity index (χ1v) is 12.5. The number of terminal acetylenes is 1. The third-order valence-electron chi connectivity index (χ3n) is 5.83. The van der Waals surface area contributed by atoms with Gasteiger partial charge in [0, 0.05) is 18.1 Å². The second kappa shape index (κ2) is 15.6. The van der Waals surface area contributed by atoms with Crippen molar-refractivity contribution in [3.63, 3.8) is 0 Å². The summed E-state index contributed by atoms with van der Waals surface area (Å²) in [5.41, 5.74) is 2.13. The maximum absolute atomic E-state index is 13.2. The first-order valence-electron chi connectivity index (χ1n) is 12.5. The van der Waals surface area contributed by atoms with E-state index in [2.05, 4.69) is 21.9 Å². The Labute approximate surface area is 224 Å². The summed E-state index contributed by atoms with van der Waals surface area (Å²) in [6.45, 7) is 5.14. The van der Waals surface area contributed by atoms with Crippen LogP contribution in [0.3, 0.4) is 0 Å². The monoisotopic (exact) mass is 513 g/mol. The molecule has 0 aromatic heterocycles. The molecular weight excluding hydrogens is 478 g/mol. The van der Waals surface area contributed by atoms with Crippen LogP contribution in [-0.4, -0.2) is 42.1 Å². The van der Waals surface area contributed by atoms with Crippen LogP contribution in [0.2, 0.25) is 0 Å². The molecule has 0 saturated heterocycles. The fourth-order valence-electron chi connectivity index (χ4n) is 3.54. The zero-order chi connectivity index (χ0) is 27.9. The van der Waals surface area contributed by atoms with E-state index in [-0.39, 0.29) is 17.9 Å². The molecule has 0 fully saturated rings. The van der Waals surface area contributed by atoms with Gasteiger partial charge in [-0.15, -0.1) is 6.42 Å². The van der Waals surface area contributed by atoms with E-state index in [9.17, 15) is 19.2 Å². The number of rotatable bonds is 13. The molecule has 0 spiro atoms. The predicted molar refractivity (Wildman–Crippen MR) is 149 cm³/mol. The molecule has 7 heteroatoms. The van der Waals surface area contributed by atoms with Crippen molar-refractivity contribution in [2.75, 3.05) is 0 Å². The van der Waals surface area contributed by atoms with E-state index >= 15 is 0 Å². The van der Waals surface area contributed by atoms with E-state index < -0.39 is 35.8 Å². The lowest BCUT2D eigenvalue weighted by molar-refractivity contribution is -0.132.